The highest BCUT2D eigenvalue weighted by molar-refractivity contribution is 5.12. The van der Waals surface area contributed by atoms with Crippen molar-refractivity contribution in [3.63, 3.8) is 0 Å². The van der Waals surface area contributed by atoms with Gasteiger partial charge in [-0.15, -0.1) is 10.2 Å². The predicted molar refractivity (Wildman–Crippen MR) is 57.5 cm³/mol. The van der Waals surface area contributed by atoms with Crippen LogP contribution < -0.4 is 5.32 Å². The minimum absolute atomic E-state index is 0.294. The predicted octanol–water partition coefficient (Wildman–Crippen LogP) is 1.21. The van der Waals surface area contributed by atoms with E-state index in [1.165, 1.54) is 31.5 Å². The van der Waals surface area contributed by atoms with E-state index in [9.17, 15) is 0 Å². The molecule has 1 aliphatic carbocycles. The molecule has 4 nitrogen and oxygen atoms in total. The van der Waals surface area contributed by atoms with E-state index in [1.807, 2.05) is 0 Å². The van der Waals surface area contributed by atoms with Crippen LogP contribution in [0, 0.1) is 0 Å². The molecule has 0 atom stereocenters. The van der Waals surface area contributed by atoms with Crippen molar-refractivity contribution >= 4 is 0 Å². The second kappa shape index (κ2) is 3.30. The molecule has 3 rings (SSSR count). The fraction of sp³-hybridized carbons (Fsp3) is 0.818. The van der Waals surface area contributed by atoms with Gasteiger partial charge in [0, 0.05) is 18.5 Å². The van der Waals surface area contributed by atoms with E-state index in [0.29, 0.717) is 5.41 Å². The average molecular weight is 206 g/mol. The number of hydrogen-bond acceptors (Lipinski definition) is 3. The SMILES string of the molecule is CC1(c2nnc3n2CCNC3)CCCC1. The Morgan fingerprint density at radius 1 is 1.27 bits per heavy atom. The monoisotopic (exact) mass is 206 g/mol. The van der Waals surface area contributed by atoms with Gasteiger partial charge in [0.05, 0.1) is 6.54 Å². The molecule has 15 heavy (non-hydrogen) atoms. The maximum Gasteiger partial charge on any atom is 0.147 e. The van der Waals surface area contributed by atoms with Crippen LogP contribution in [0.4, 0.5) is 0 Å². The molecule has 2 aliphatic rings. The van der Waals surface area contributed by atoms with E-state index in [-0.39, 0.29) is 0 Å². The van der Waals surface area contributed by atoms with Crippen molar-refractivity contribution in [2.45, 2.75) is 51.1 Å². The lowest BCUT2D eigenvalue weighted by Gasteiger charge is -2.25. The van der Waals surface area contributed by atoms with Crippen LogP contribution in [0.15, 0.2) is 0 Å². The first kappa shape index (κ1) is 9.33. The van der Waals surface area contributed by atoms with E-state index >= 15 is 0 Å². The summed E-state index contributed by atoms with van der Waals surface area (Å²) in [6, 6.07) is 0. The summed E-state index contributed by atoms with van der Waals surface area (Å²) in [4.78, 5) is 0. The van der Waals surface area contributed by atoms with Crippen LogP contribution in [0.5, 0.6) is 0 Å². The Bertz CT molecular complexity index is 363. The summed E-state index contributed by atoms with van der Waals surface area (Å²) in [5, 5.41) is 12.1. The van der Waals surface area contributed by atoms with Crippen LogP contribution in [0.25, 0.3) is 0 Å². The molecule has 1 aromatic heterocycles. The number of nitrogens with one attached hydrogen (secondary N) is 1. The molecule has 0 spiro atoms. The van der Waals surface area contributed by atoms with Crippen LogP contribution in [0.2, 0.25) is 0 Å². The summed E-state index contributed by atoms with van der Waals surface area (Å²) in [6.45, 7) is 5.31. The largest absolute Gasteiger partial charge is 0.312 e. The van der Waals surface area contributed by atoms with Crippen molar-refractivity contribution in [3.8, 4) is 0 Å². The number of hydrogen-bond donors (Lipinski definition) is 1. The zero-order valence-electron chi connectivity index (χ0n) is 9.29. The second-order valence-corrected chi connectivity index (χ2v) is 5.04. The fourth-order valence-electron chi connectivity index (χ4n) is 2.92. The molecule has 0 saturated heterocycles. The van der Waals surface area contributed by atoms with Gasteiger partial charge in [-0.3, -0.25) is 0 Å². The molecule has 0 bridgehead atoms. The third kappa shape index (κ3) is 1.39. The second-order valence-electron chi connectivity index (χ2n) is 5.04. The van der Waals surface area contributed by atoms with E-state index in [1.54, 1.807) is 0 Å². The van der Waals surface area contributed by atoms with Gasteiger partial charge >= 0.3 is 0 Å². The van der Waals surface area contributed by atoms with Crippen molar-refractivity contribution in [2.75, 3.05) is 6.54 Å². The average Bonchev–Trinajstić information content (AvgIpc) is 2.84. The van der Waals surface area contributed by atoms with Crippen LogP contribution in [-0.2, 0) is 18.5 Å². The molecule has 1 aliphatic heterocycles. The summed E-state index contributed by atoms with van der Waals surface area (Å²) in [5.74, 6) is 2.35. The number of fused-ring (bicyclic) bond motifs is 1. The molecule has 0 radical (unpaired) electrons. The summed E-state index contributed by atoms with van der Waals surface area (Å²) < 4.78 is 2.34. The van der Waals surface area contributed by atoms with Gasteiger partial charge in [0.15, 0.2) is 0 Å². The first-order valence-electron chi connectivity index (χ1n) is 5.93. The molecular formula is C11H18N4. The van der Waals surface area contributed by atoms with Gasteiger partial charge in [0.1, 0.15) is 11.6 Å². The summed E-state index contributed by atoms with van der Waals surface area (Å²) >= 11 is 0. The first-order chi connectivity index (χ1) is 7.30. The van der Waals surface area contributed by atoms with Gasteiger partial charge in [-0.05, 0) is 12.8 Å². The summed E-state index contributed by atoms with van der Waals surface area (Å²) in [6.07, 6.45) is 5.24. The van der Waals surface area contributed by atoms with Gasteiger partial charge < -0.3 is 9.88 Å². The Balaban J connectivity index is 2.00. The molecule has 0 aromatic carbocycles. The number of aromatic nitrogens is 3. The van der Waals surface area contributed by atoms with Gasteiger partial charge in [-0.2, -0.15) is 0 Å². The summed E-state index contributed by atoms with van der Waals surface area (Å²) in [7, 11) is 0. The topological polar surface area (TPSA) is 42.7 Å². The molecule has 1 N–H and O–H groups in total. The lowest BCUT2D eigenvalue weighted by Crippen LogP contribution is -2.32. The van der Waals surface area contributed by atoms with E-state index in [2.05, 4.69) is 27.0 Å². The molecular weight excluding hydrogens is 188 g/mol. The zero-order valence-corrected chi connectivity index (χ0v) is 9.29. The third-order valence-electron chi connectivity index (χ3n) is 3.87. The minimum Gasteiger partial charge on any atom is -0.312 e. The highest BCUT2D eigenvalue weighted by atomic mass is 15.3. The molecule has 2 heterocycles. The van der Waals surface area contributed by atoms with Crippen LogP contribution in [0.3, 0.4) is 0 Å². The molecule has 1 aromatic rings. The number of rotatable bonds is 1. The Morgan fingerprint density at radius 3 is 2.87 bits per heavy atom. The molecule has 1 fully saturated rings. The standard InChI is InChI=1S/C11H18N4/c1-11(4-2-3-5-11)10-14-13-9-8-12-6-7-15(9)10/h12H,2-8H2,1H3. The van der Waals surface area contributed by atoms with Crippen LogP contribution >= 0.6 is 0 Å². The summed E-state index contributed by atoms with van der Waals surface area (Å²) in [5.41, 5.74) is 0.294. The molecule has 1 saturated carbocycles. The smallest absolute Gasteiger partial charge is 0.147 e. The lowest BCUT2D eigenvalue weighted by molar-refractivity contribution is 0.407. The normalized spacial score (nSPS) is 24.1. The quantitative estimate of drug-likeness (QED) is 0.751. The van der Waals surface area contributed by atoms with Gasteiger partial charge in [-0.1, -0.05) is 19.8 Å². The minimum atomic E-state index is 0.294. The lowest BCUT2D eigenvalue weighted by atomic mass is 9.88. The van der Waals surface area contributed by atoms with Crippen LogP contribution in [-0.4, -0.2) is 21.3 Å². The highest BCUT2D eigenvalue weighted by Gasteiger charge is 2.36. The first-order valence-corrected chi connectivity index (χ1v) is 5.93. The van der Waals surface area contributed by atoms with Gasteiger partial charge in [-0.25, -0.2) is 0 Å². The molecule has 4 heteroatoms. The fourth-order valence-corrected chi connectivity index (χ4v) is 2.92. The van der Waals surface area contributed by atoms with E-state index in [0.717, 1.165) is 25.5 Å². The van der Waals surface area contributed by atoms with E-state index in [4.69, 9.17) is 0 Å². The van der Waals surface area contributed by atoms with Crippen molar-refractivity contribution in [2.24, 2.45) is 0 Å². The molecule has 0 amide bonds. The molecule has 0 unspecified atom stereocenters. The number of nitrogens with zero attached hydrogens (tertiary/aromatic N) is 3. The van der Waals surface area contributed by atoms with Crippen molar-refractivity contribution in [1.29, 1.82) is 0 Å². The Hall–Kier alpha value is -0.900. The maximum atomic E-state index is 4.42. The van der Waals surface area contributed by atoms with Crippen molar-refractivity contribution in [3.05, 3.63) is 11.6 Å². The van der Waals surface area contributed by atoms with Crippen LogP contribution in [0.1, 0.15) is 44.3 Å². The van der Waals surface area contributed by atoms with Gasteiger partial charge in [0.25, 0.3) is 0 Å². The maximum absolute atomic E-state index is 4.42. The Kier molecular flexibility index (Phi) is 2.06. The van der Waals surface area contributed by atoms with E-state index < -0.39 is 0 Å². The highest BCUT2D eigenvalue weighted by Crippen LogP contribution is 2.39. The Morgan fingerprint density at radius 2 is 2.07 bits per heavy atom. The third-order valence-corrected chi connectivity index (χ3v) is 3.87. The van der Waals surface area contributed by atoms with Gasteiger partial charge in [0.2, 0.25) is 0 Å². The van der Waals surface area contributed by atoms with Crippen molar-refractivity contribution < 1.29 is 0 Å². The Labute approximate surface area is 90.1 Å². The zero-order chi connectivity index (χ0) is 10.3. The molecule has 82 valence electrons. The van der Waals surface area contributed by atoms with Crippen molar-refractivity contribution in [1.82, 2.24) is 20.1 Å².